The van der Waals surface area contributed by atoms with Crippen molar-refractivity contribution in [3.63, 3.8) is 0 Å². The van der Waals surface area contributed by atoms with Gasteiger partial charge in [0.2, 0.25) is 0 Å². The van der Waals surface area contributed by atoms with Gasteiger partial charge in [-0.1, -0.05) is 0 Å². The number of carbonyl (C=O) groups is 1. The maximum atomic E-state index is 10.7. The van der Waals surface area contributed by atoms with Crippen LogP contribution in [0.1, 0.15) is 31.1 Å². The lowest BCUT2D eigenvalue weighted by Crippen LogP contribution is -2.42. The second kappa shape index (κ2) is 5.22. The Labute approximate surface area is 111 Å². The summed E-state index contributed by atoms with van der Waals surface area (Å²) in [6.45, 7) is 5.89. The minimum absolute atomic E-state index is 0.143. The molecule has 0 radical (unpaired) electrons. The van der Waals surface area contributed by atoms with Gasteiger partial charge in [-0.05, 0) is 45.1 Å². The molecule has 5 nitrogen and oxygen atoms in total. The van der Waals surface area contributed by atoms with Crippen LogP contribution in [0.5, 0.6) is 5.75 Å². The molecule has 1 aromatic rings. The van der Waals surface area contributed by atoms with Gasteiger partial charge >= 0.3 is 5.97 Å². The zero-order chi connectivity index (χ0) is 13.9. The first kappa shape index (κ1) is 14.2. The molecule has 0 aliphatic rings. The Balaban J connectivity index is 2.78. The molecule has 0 saturated carbocycles. The average Bonchev–Trinajstić information content (AvgIpc) is 2.13. The normalized spacial score (nSPS) is 10.8. The molecular formula is C12H16N2O3S. The summed E-state index contributed by atoms with van der Waals surface area (Å²) in [5, 5.41) is 24.6. The molecule has 1 rings (SSSR count). The molecule has 0 fully saturated rings. The van der Waals surface area contributed by atoms with E-state index in [1.165, 1.54) is 12.1 Å². The molecule has 18 heavy (non-hydrogen) atoms. The van der Waals surface area contributed by atoms with Gasteiger partial charge in [-0.2, -0.15) is 0 Å². The van der Waals surface area contributed by atoms with Crippen LogP contribution in [-0.4, -0.2) is 26.8 Å². The number of carboxylic acids is 1. The monoisotopic (exact) mass is 268 g/mol. The van der Waals surface area contributed by atoms with Crippen molar-refractivity contribution in [2.45, 2.75) is 26.3 Å². The van der Waals surface area contributed by atoms with Gasteiger partial charge in [0.1, 0.15) is 11.3 Å². The molecule has 0 aliphatic heterocycles. The van der Waals surface area contributed by atoms with E-state index < -0.39 is 5.97 Å². The van der Waals surface area contributed by atoms with Gasteiger partial charge in [0.15, 0.2) is 5.11 Å². The van der Waals surface area contributed by atoms with E-state index in [1.54, 1.807) is 6.07 Å². The molecule has 0 heterocycles. The van der Waals surface area contributed by atoms with Crippen LogP contribution in [0.2, 0.25) is 0 Å². The summed E-state index contributed by atoms with van der Waals surface area (Å²) in [5.74, 6) is -1.47. The van der Waals surface area contributed by atoms with E-state index in [0.717, 1.165) is 0 Å². The SMILES string of the molecule is CC(C)(C)NC(=S)Nc1ccc(C(=O)O)c(O)c1. The molecular weight excluding hydrogens is 252 g/mol. The van der Waals surface area contributed by atoms with E-state index in [1.807, 2.05) is 20.8 Å². The number of rotatable bonds is 2. The summed E-state index contributed by atoms with van der Waals surface area (Å²) in [5.41, 5.74) is 0.210. The second-order valence-corrected chi connectivity index (χ2v) is 5.27. The number of benzene rings is 1. The van der Waals surface area contributed by atoms with E-state index in [-0.39, 0.29) is 16.9 Å². The number of thiocarbonyl (C=S) groups is 1. The molecule has 0 unspecified atom stereocenters. The van der Waals surface area contributed by atoms with E-state index in [2.05, 4.69) is 10.6 Å². The molecule has 6 heteroatoms. The van der Waals surface area contributed by atoms with E-state index in [0.29, 0.717) is 10.8 Å². The van der Waals surface area contributed by atoms with Crippen LogP contribution in [0.15, 0.2) is 18.2 Å². The molecule has 1 aromatic carbocycles. The summed E-state index contributed by atoms with van der Waals surface area (Å²) in [6.07, 6.45) is 0. The highest BCUT2D eigenvalue weighted by molar-refractivity contribution is 7.80. The van der Waals surface area contributed by atoms with Crippen molar-refractivity contribution in [2.75, 3.05) is 5.32 Å². The van der Waals surface area contributed by atoms with Gasteiger partial charge < -0.3 is 20.8 Å². The first-order chi connectivity index (χ1) is 8.19. The van der Waals surface area contributed by atoms with Crippen molar-refractivity contribution in [1.82, 2.24) is 5.32 Å². The quantitative estimate of drug-likeness (QED) is 0.615. The largest absolute Gasteiger partial charge is 0.507 e. The Morgan fingerprint density at radius 3 is 2.39 bits per heavy atom. The Morgan fingerprint density at radius 1 is 1.33 bits per heavy atom. The van der Waals surface area contributed by atoms with Crippen molar-refractivity contribution >= 4 is 29.0 Å². The van der Waals surface area contributed by atoms with Gasteiger partial charge in [-0.3, -0.25) is 0 Å². The van der Waals surface area contributed by atoms with Crippen molar-refractivity contribution in [1.29, 1.82) is 0 Å². The standard InChI is InChI=1S/C12H16N2O3S/c1-12(2,3)14-11(18)13-7-4-5-8(10(16)17)9(15)6-7/h4-6,15H,1-3H3,(H,16,17)(H2,13,14,18). The van der Waals surface area contributed by atoms with E-state index in [9.17, 15) is 9.90 Å². The molecule has 98 valence electrons. The van der Waals surface area contributed by atoms with Gasteiger partial charge in [0, 0.05) is 17.3 Å². The molecule has 0 atom stereocenters. The Bertz CT molecular complexity index is 481. The fraction of sp³-hybridized carbons (Fsp3) is 0.333. The topological polar surface area (TPSA) is 81.6 Å². The van der Waals surface area contributed by atoms with Crippen LogP contribution in [0, 0.1) is 0 Å². The van der Waals surface area contributed by atoms with Crippen molar-refractivity contribution in [2.24, 2.45) is 0 Å². The predicted octanol–water partition coefficient (Wildman–Crippen LogP) is 2.18. The predicted molar refractivity (Wildman–Crippen MR) is 74.2 cm³/mol. The number of carboxylic acid groups (broad SMARTS) is 1. The van der Waals surface area contributed by atoms with Crippen LogP contribution in [-0.2, 0) is 0 Å². The fourth-order valence-electron chi connectivity index (χ4n) is 1.29. The molecule has 0 aromatic heterocycles. The molecule has 0 aliphatic carbocycles. The summed E-state index contributed by atoms with van der Waals surface area (Å²) in [4.78, 5) is 10.7. The number of nitrogens with one attached hydrogen (secondary N) is 2. The number of aromatic hydroxyl groups is 1. The minimum atomic E-state index is -1.17. The maximum Gasteiger partial charge on any atom is 0.339 e. The first-order valence-corrected chi connectivity index (χ1v) is 5.75. The third-order valence-corrected chi connectivity index (χ3v) is 2.18. The molecule has 0 spiro atoms. The summed E-state index contributed by atoms with van der Waals surface area (Å²) >= 11 is 5.09. The number of hydrogen-bond acceptors (Lipinski definition) is 3. The Morgan fingerprint density at radius 2 is 1.94 bits per heavy atom. The number of phenols is 1. The molecule has 0 amide bonds. The van der Waals surface area contributed by atoms with Gasteiger partial charge in [-0.15, -0.1) is 0 Å². The van der Waals surface area contributed by atoms with Crippen LogP contribution >= 0.6 is 12.2 Å². The van der Waals surface area contributed by atoms with Crippen molar-refractivity contribution in [3.8, 4) is 5.75 Å². The highest BCUT2D eigenvalue weighted by Gasteiger charge is 2.13. The fourth-order valence-corrected chi connectivity index (χ4v) is 1.72. The Kier molecular flexibility index (Phi) is 4.13. The zero-order valence-electron chi connectivity index (χ0n) is 10.4. The second-order valence-electron chi connectivity index (χ2n) is 4.87. The molecule has 4 N–H and O–H groups in total. The van der Waals surface area contributed by atoms with Gasteiger partial charge in [-0.25, -0.2) is 4.79 Å². The number of aromatic carboxylic acids is 1. The van der Waals surface area contributed by atoms with Crippen molar-refractivity contribution < 1.29 is 15.0 Å². The van der Waals surface area contributed by atoms with Crippen LogP contribution in [0.4, 0.5) is 5.69 Å². The molecule has 0 saturated heterocycles. The minimum Gasteiger partial charge on any atom is -0.507 e. The summed E-state index contributed by atoms with van der Waals surface area (Å²) < 4.78 is 0. The number of anilines is 1. The number of hydrogen-bond donors (Lipinski definition) is 4. The van der Waals surface area contributed by atoms with Crippen molar-refractivity contribution in [3.05, 3.63) is 23.8 Å². The lowest BCUT2D eigenvalue weighted by molar-refractivity contribution is 0.0694. The van der Waals surface area contributed by atoms with Crippen LogP contribution in [0.25, 0.3) is 0 Å². The third kappa shape index (κ3) is 4.21. The summed E-state index contributed by atoms with van der Waals surface area (Å²) in [6, 6.07) is 4.18. The van der Waals surface area contributed by atoms with E-state index >= 15 is 0 Å². The molecule has 0 bridgehead atoms. The summed E-state index contributed by atoms with van der Waals surface area (Å²) in [7, 11) is 0. The van der Waals surface area contributed by atoms with Crippen LogP contribution in [0.3, 0.4) is 0 Å². The maximum absolute atomic E-state index is 10.7. The first-order valence-electron chi connectivity index (χ1n) is 5.34. The smallest absolute Gasteiger partial charge is 0.339 e. The van der Waals surface area contributed by atoms with Gasteiger partial charge in [0.25, 0.3) is 0 Å². The van der Waals surface area contributed by atoms with E-state index in [4.69, 9.17) is 17.3 Å². The highest BCUT2D eigenvalue weighted by atomic mass is 32.1. The zero-order valence-corrected chi connectivity index (χ0v) is 11.3. The lowest BCUT2D eigenvalue weighted by atomic mass is 10.1. The van der Waals surface area contributed by atoms with Crippen LogP contribution < -0.4 is 10.6 Å². The highest BCUT2D eigenvalue weighted by Crippen LogP contribution is 2.21. The lowest BCUT2D eigenvalue weighted by Gasteiger charge is -2.23. The third-order valence-electron chi connectivity index (χ3n) is 1.97. The Hall–Kier alpha value is -1.82. The van der Waals surface area contributed by atoms with Gasteiger partial charge in [0.05, 0.1) is 0 Å². The average molecular weight is 268 g/mol.